The molecular weight excluding hydrogens is 371 g/mol. The summed E-state index contributed by atoms with van der Waals surface area (Å²) in [5.41, 5.74) is -1.10. The third-order valence-electron chi connectivity index (χ3n) is 4.48. The summed E-state index contributed by atoms with van der Waals surface area (Å²) >= 11 is 0. The zero-order chi connectivity index (χ0) is 19.7. The summed E-state index contributed by atoms with van der Waals surface area (Å²) in [6, 6.07) is 4.76. The molecule has 0 saturated heterocycles. The van der Waals surface area contributed by atoms with Crippen LogP contribution < -0.4 is 4.74 Å². The lowest BCUT2D eigenvalue weighted by atomic mass is 9.87. The smallest absolute Gasteiger partial charge is 0.416 e. The summed E-state index contributed by atoms with van der Waals surface area (Å²) in [7, 11) is 0. The SMILES string of the molecule is N#Cc1n[nH]nc1-c1cc(OCC2CCC(F)(F)CC2)cc(C(F)(F)F)c1. The lowest BCUT2D eigenvalue weighted by molar-refractivity contribution is -0.137. The average molecular weight is 386 g/mol. The van der Waals surface area contributed by atoms with Gasteiger partial charge in [0.25, 0.3) is 0 Å². The van der Waals surface area contributed by atoms with E-state index in [-0.39, 0.29) is 60.9 Å². The number of hydrogen-bond acceptors (Lipinski definition) is 4. The van der Waals surface area contributed by atoms with Gasteiger partial charge in [0.1, 0.15) is 17.5 Å². The zero-order valence-electron chi connectivity index (χ0n) is 14.0. The first kappa shape index (κ1) is 19.1. The Morgan fingerprint density at radius 3 is 2.52 bits per heavy atom. The van der Waals surface area contributed by atoms with Crippen LogP contribution >= 0.6 is 0 Å². The van der Waals surface area contributed by atoms with Crippen molar-refractivity contribution in [2.45, 2.75) is 37.8 Å². The third kappa shape index (κ3) is 4.53. The van der Waals surface area contributed by atoms with E-state index in [1.54, 1.807) is 6.07 Å². The van der Waals surface area contributed by atoms with Crippen LogP contribution in [0.2, 0.25) is 0 Å². The number of ether oxygens (including phenoxy) is 1. The number of nitriles is 1. The van der Waals surface area contributed by atoms with E-state index < -0.39 is 17.7 Å². The highest BCUT2D eigenvalue weighted by molar-refractivity contribution is 5.67. The van der Waals surface area contributed by atoms with Crippen molar-refractivity contribution >= 4 is 0 Å². The minimum absolute atomic E-state index is 0.0224. The molecule has 0 spiro atoms. The molecule has 5 nitrogen and oxygen atoms in total. The maximum Gasteiger partial charge on any atom is 0.416 e. The molecule has 1 fully saturated rings. The van der Waals surface area contributed by atoms with E-state index in [0.717, 1.165) is 12.1 Å². The summed E-state index contributed by atoms with van der Waals surface area (Å²) < 4.78 is 71.5. The van der Waals surface area contributed by atoms with Gasteiger partial charge in [-0.3, -0.25) is 0 Å². The van der Waals surface area contributed by atoms with Crippen molar-refractivity contribution in [3.05, 3.63) is 29.5 Å². The number of alkyl halides is 5. The fraction of sp³-hybridized carbons (Fsp3) is 0.471. The second-order valence-corrected chi connectivity index (χ2v) is 6.49. The molecule has 2 aromatic rings. The van der Waals surface area contributed by atoms with E-state index in [9.17, 15) is 22.0 Å². The molecule has 1 aromatic carbocycles. The van der Waals surface area contributed by atoms with Crippen LogP contribution in [0.4, 0.5) is 22.0 Å². The van der Waals surface area contributed by atoms with Crippen molar-refractivity contribution in [2.75, 3.05) is 6.61 Å². The van der Waals surface area contributed by atoms with Gasteiger partial charge < -0.3 is 4.74 Å². The monoisotopic (exact) mass is 386 g/mol. The fourth-order valence-corrected chi connectivity index (χ4v) is 2.97. The second kappa shape index (κ2) is 7.13. The number of nitrogens with one attached hydrogen (secondary N) is 1. The van der Waals surface area contributed by atoms with Gasteiger partial charge in [-0.15, -0.1) is 5.10 Å². The van der Waals surface area contributed by atoms with Crippen LogP contribution in [0.5, 0.6) is 5.75 Å². The Balaban J connectivity index is 1.82. The number of nitrogens with zero attached hydrogens (tertiary/aromatic N) is 3. The maximum absolute atomic E-state index is 13.2. The largest absolute Gasteiger partial charge is 0.493 e. The summed E-state index contributed by atoms with van der Waals surface area (Å²) in [5, 5.41) is 18.5. The number of aromatic nitrogens is 3. The van der Waals surface area contributed by atoms with Gasteiger partial charge in [0.2, 0.25) is 5.92 Å². The van der Waals surface area contributed by atoms with Crippen LogP contribution in [-0.4, -0.2) is 27.9 Å². The van der Waals surface area contributed by atoms with E-state index >= 15 is 0 Å². The lowest BCUT2D eigenvalue weighted by Crippen LogP contribution is -2.27. The molecule has 0 bridgehead atoms. The van der Waals surface area contributed by atoms with Crippen molar-refractivity contribution in [3.8, 4) is 23.1 Å². The minimum Gasteiger partial charge on any atom is -0.493 e. The van der Waals surface area contributed by atoms with Crippen LogP contribution in [0.1, 0.15) is 36.9 Å². The van der Waals surface area contributed by atoms with Crippen LogP contribution in [0.3, 0.4) is 0 Å². The Labute approximate surface area is 151 Å². The standard InChI is InChI=1S/C17H15F5N4O/c18-16(19)3-1-10(2-4-16)9-27-13-6-11(5-12(7-13)17(20,21)22)15-14(8-23)24-26-25-15/h5-7,10H,1-4,9H2,(H,24,25,26). The molecule has 1 saturated carbocycles. The first-order valence-corrected chi connectivity index (χ1v) is 8.22. The Kier molecular flexibility index (Phi) is 5.04. The Bertz CT molecular complexity index is 846. The molecule has 3 rings (SSSR count). The quantitative estimate of drug-likeness (QED) is 0.782. The van der Waals surface area contributed by atoms with E-state index in [2.05, 4.69) is 15.4 Å². The van der Waals surface area contributed by atoms with Crippen molar-refractivity contribution in [1.82, 2.24) is 15.4 Å². The summed E-state index contributed by atoms with van der Waals surface area (Å²) in [5.74, 6) is -2.89. The van der Waals surface area contributed by atoms with Gasteiger partial charge >= 0.3 is 6.18 Å². The molecule has 10 heteroatoms. The van der Waals surface area contributed by atoms with Gasteiger partial charge in [0.15, 0.2) is 5.69 Å². The van der Waals surface area contributed by atoms with Crippen molar-refractivity contribution in [1.29, 1.82) is 5.26 Å². The molecule has 0 atom stereocenters. The highest BCUT2D eigenvalue weighted by Gasteiger charge is 2.35. The van der Waals surface area contributed by atoms with E-state index in [1.807, 2.05) is 0 Å². The van der Waals surface area contributed by atoms with Crippen LogP contribution in [0.15, 0.2) is 18.2 Å². The van der Waals surface area contributed by atoms with E-state index in [1.165, 1.54) is 6.07 Å². The van der Waals surface area contributed by atoms with Gasteiger partial charge in [-0.1, -0.05) is 0 Å². The highest BCUT2D eigenvalue weighted by Crippen LogP contribution is 2.38. The number of halogens is 5. The topological polar surface area (TPSA) is 74.6 Å². The van der Waals surface area contributed by atoms with Gasteiger partial charge in [-0.25, -0.2) is 8.78 Å². The van der Waals surface area contributed by atoms with Crippen molar-refractivity contribution in [2.24, 2.45) is 5.92 Å². The number of hydrogen-bond donors (Lipinski definition) is 1. The Hall–Kier alpha value is -2.70. The van der Waals surface area contributed by atoms with Gasteiger partial charge in [-0.2, -0.15) is 28.7 Å². The van der Waals surface area contributed by atoms with Gasteiger partial charge in [0, 0.05) is 18.4 Å². The van der Waals surface area contributed by atoms with E-state index in [4.69, 9.17) is 10.00 Å². The fourth-order valence-electron chi connectivity index (χ4n) is 2.97. The van der Waals surface area contributed by atoms with Crippen molar-refractivity contribution < 1.29 is 26.7 Å². The predicted molar refractivity (Wildman–Crippen MR) is 83.9 cm³/mol. The Morgan fingerprint density at radius 2 is 1.89 bits per heavy atom. The summed E-state index contributed by atoms with van der Waals surface area (Å²) in [4.78, 5) is 0. The third-order valence-corrected chi connectivity index (χ3v) is 4.48. The molecule has 0 radical (unpaired) electrons. The second-order valence-electron chi connectivity index (χ2n) is 6.49. The zero-order valence-corrected chi connectivity index (χ0v) is 14.0. The lowest BCUT2D eigenvalue weighted by Gasteiger charge is -2.28. The predicted octanol–water partition coefficient (Wildman–Crippen LogP) is 4.57. The van der Waals surface area contributed by atoms with E-state index in [0.29, 0.717) is 0 Å². The molecule has 144 valence electrons. The molecule has 0 aliphatic heterocycles. The van der Waals surface area contributed by atoms with Crippen LogP contribution in [0, 0.1) is 17.2 Å². The molecule has 0 unspecified atom stereocenters. The Morgan fingerprint density at radius 1 is 1.19 bits per heavy atom. The van der Waals surface area contributed by atoms with Gasteiger partial charge in [-0.05, 0) is 37.0 Å². The van der Waals surface area contributed by atoms with Crippen molar-refractivity contribution in [3.63, 3.8) is 0 Å². The maximum atomic E-state index is 13.2. The summed E-state index contributed by atoms with van der Waals surface area (Å²) in [6.45, 7) is 0.0424. The molecular formula is C17H15F5N4O. The number of aromatic amines is 1. The molecule has 1 aliphatic carbocycles. The molecule has 1 aromatic heterocycles. The molecule has 1 aliphatic rings. The first-order valence-electron chi connectivity index (χ1n) is 8.22. The normalized spacial score (nSPS) is 17.5. The van der Waals surface area contributed by atoms with Crippen LogP contribution in [0.25, 0.3) is 11.3 Å². The number of H-pyrrole nitrogens is 1. The summed E-state index contributed by atoms with van der Waals surface area (Å²) in [6.07, 6.45) is -4.63. The number of rotatable bonds is 4. The number of benzene rings is 1. The molecule has 1 N–H and O–H groups in total. The highest BCUT2D eigenvalue weighted by atomic mass is 19.4. The molecule has 1 heterocycles. The van der Waals surface area contributed by atoms with Gasteiger partial charge in [0.05, 0.1) is 12.2 Å². The minimum atomic E-state index is -4.63. The molecule has 27 heavy (non-hydrogen) atoms. The van der Waals surface area contributed by atoms with Crippen LogP contribution in [-0.2, 0) is 6.18 Å². The average Bonchev–Trinajstić information content (AvgIpc) is 3.08. The first-order chi connectivity index (χ1) is 12.7. The molecule has 0 amide bonds.